The number of carboxylic acids is 1. The van der Waals surface area contributed by atoms with Crippen molar-refractivity contribution in [2.75, 3.05) is 0 Å². The van der Waals surface area contributed by atoms with Crippen molar-refractivity contribution in [2.24, 2.45) is 0 Å². The molecule has 0 unspecified atom stereocenters. The number of carbonyl (C=O) groups is 1. The maximum atomic E-state index is 10.6. The number of aromatic nitrogens is 1. The number of carboxylic acid groups (broad SMARTS) is 1. The van der Waals surface area contributed by atoms with Crippen molar-refractivity contribution >= 4 is 45.1 Å². The second kappa shape index (κ2) is 4.87. The van der Waals surface area contributed by atoms with Crippen molar-refractivity contribution in [2.45, 2.75) is 6.54 Å². The van der Waals surface area contributed by atoms with Gasteiger partial charge < -0.3 is 9.67 Å². The van der Waals surface area contributed by atoms with E-state index in [1.165, 1.54) is 12.3 Å². The number of halogens is 3. The highest BCUT2D eigenvalue weighted by molar-refractivity contribution is 9.10. The lowest BCUT2D eigenvalue weighted by molar-refractivity contribution is 0.0697. The highest BCUT2D eigenvalue weighted by atomic mass is 79.9. The van der Waals surface area contributed by atoms with E-state index in [1.54, 1.807) is 10.6 Å². The fourth-order valence-corrected chi connectivity index (χ4v) is 1.53. The van der Waals surface area contributed by atoms with Crippen molar-refractivity contribution in [3.63, 3.8) is 0 Å². The minimum atomic E-state index is -0.967. The molecular weight excluding hydrogens is 293 g/mol. The highest BCUT2D eigenvalue weighted by Gasteiger charge is 2.08. The quantitative estimate of drug-likeness (QED) is 0.930. The summed E-state index contributed by atoms with van der Waals surface area (Å²) in [6.45, 7) is 0.427. The predicted molar refractivity (Wildman–Crippen MR) is 58.9 cm³/mol. The fraction of sp³-hybridized carbons (Fsp3) is 0.125. The van der Waals surface area contributed by atoms with Gasteiger partial charge in [-0.15, -0.1) is 0 Å². The number of rotatable bonds is 3. The molecule has 0 radical (unpaired) electrons. The maximum Gasteiger partial charge on any atom is 0.337 e. The lowest BCUT2D eigenvalue weighted by Gasteiger charge is -1.98. The molecule has 0 aliphatic heterocycles. The first-order chi connectivity index (χ1) is 6.50. The first kappa shape index (κ1) is 11.6. The Hall–Kier alpha value is -0.450. The molecule has 1 rings (SSSR count). The number of hydrogen-bond acceptors (Lipinski definition) is 1. The maximum absolute atomic E-state index is 10.6. The zero-order valence-corrected chi connectivity index (χ0v) is 9.97. The van der Waals surface area contributed by atoms with E-state index in [4.69, 9.17) is 28.3 Å². The molecule has 0 spiro atoms. The van der Waals surface area contributed by atoms with Crippen LogP contribution in [0.1, 0.15) is 10.4 Å². The molecule has 1 aromatic rings. The van der Waals surface area contributed by atoms with E-state index >= 15 is 0 Å². The van der Waals surface area contributed by atoms with E-state index in [-0.39, 0.29) is 10.1 Å². The van der Waals surface area contributed by atoms with E-state index in [9.17, 15) is 4.79 Å². The average molecular weight is 299 g/mol. The lowest BCUT2D eigenvalue weighted by atomic mass is 10.4. The van der Waals surface area contributed by atoms with Crippen LogP contribution in [-0.4, -0.2) is 15.6 Å². The molecule has 0 amide bonds. The Morgan fingerprint density at radius 3 is 2.71 bits per heavy atom. The Kier molecular flexibility index (Phi) is 4.04. The second-order valence-corrected chi connectivity index (χ2v) is 4.32. The van der Waals surface area contributed by atoms with E-state index in [1.807, 2.05) is 0 Å². The first-order valence-electron chi connectivity index (χ1n) is 3.61. The Morgan fingerprint density at radius 2 is 2.29 bits per heavy atom. The monoisotopic (exact) mass is 297 g/mol. The summed E-state index contributed by atoms with van der Waals surface area (Å²) in [6.07, 6.45) is 3.07. The summed E-state index contributed by atoms with van der Waals surface area (Å²) in [5.41, 5.74) is 0.218. The van der Waals surface area contributed by atoms with E-state index in [2.05, 4.69) is 15.9 Å². The second-order valence-electron chi connectivity index (χ2n) is 2.50. The summed E-state index contributed by atoms with van der Waals surface area (Å²) < 4.78 is 2.50. The molecule has 1 aromatic heterocycles. The molecule has 6 heteroatoms. The molecule has 0 saturated heterocycles. The molecule has 0 aromatic carbocycles. The zero-order chi connectivity index (χ0) is 10.7. The molecule has 0 saturated carbocycles. The standard InChI is InChI=1S/C8H6BrCl2NO2/c9-6-3-5(8(13)14)4-12(6)2-1-7(10)11/h1,3-4H,2H2,(H,13,14). The third-order valence-electron chi connectivity index (χ3n) is 1.53. The van der Waals surface area contributed by atoms with Gasteiger partial charge in [-0.2, -0.15) is 0 Å². The predicted octanol–water partition coefficient (Wildman–Crippen LogP) is 3.27. The summed E-state index contributed by atoms with van der Waals surface area (Å²) in [5, 5.41) is 8.70. The highest BCUT2D eigenvalue weighted by Crippen LogP contribution is 2.16. The average Bonchev–Trinajstić information content (AvgIpc) is 2.43. The number of hydrogen-bond donors (Lipinski definition) is 1. The van der Waals surface area contributed by atoms with Crippen LogP contribution in [0.25, 0.3) is 0 Å². The topological polar surface area (TPSA) is 42.2 Å². The van der Waals surface area contributed by atoms with Gasteiger partial charge >= 0.3 is 5.97 Å². The third-order valence-corrected chi connectivity index (χ3v) is 2.53. The summed E-state index contributed by atoms with van der Waals surface area (Å²) in [7, 11) is 0. The molecule has 14 heavy (non-hydrogen) atoms. The summed E-state index contributed by atoms with van der Waals surface area (Å²) in [5.74, 6) is -0.967. The zero-order valence-electron chi connectivity index (χ0n) is 6.88. The largest absolute Gasteiger partial charge is 0.478 e. The molecule has 1 heterocycles. The van der Waals surface area contributed by atoms with E-state index < -0.39 is 5.97 Å². The van der Waals surface area contributed by atoms with Gasteiger partial charge in [0, 0.05) is 12.7 Å². The van der Waals surface area contributed by atoms with Gasteiger partial charge in [-0.05, 0) is 28.1 Å². The van der Waals surface area contributed by atoms with Crippen molar-refractivity contribution in [1.82, 2.24) is 4.57 Å². The first-order valence-corrected chi connectivity index (χ1v) is 5.15. The van der Waals surface area contributed by atoms with Crippen LogP contribution in [0.2, 0.25) is 0 Å². The molecule has 0 fully saturated rings. The summed E-state index contributed by atoms with van der Waals surface area (Å²) in [4.78, 5) is 10.6. The van der Waals surface area contributed by atoms with Gasteiger partial charge in [0.2, 0.25) is 0 Å². The van der Waals surface area contributed by atoms with Gasteiger partial charge in [0.05, 0.1) is 10.2 Å². The van der Waals surface area contributed by atoms with Crippen LogP contribution in [0, 0.1) is 0 Å². The molecule has 0 aliphatic carbocycles. The minimum absolute atomic E-state index is 0.155. The number of nitrogens with zero attached hydrogens (tertiary/aromatic N) is 1. The fourth-order valence-electron chi connectivity index (χ4n) is 0.902. The molecule has 0 aliphatic rings. The van der Waals surface area contributed by atoms with Gasteiger partial charge in [-0.25, -0.2) is 4.79 Å². The van der Waals surface area contributed by atoms with Crippen LogP contribution >= 0.6 is 39.1 Å². The van der Waals surface area contributed by atoms with Crippen molar-refractivity contribution < 1.29 is 9.90 Å². The molecule has 0 atom stereocenters. The normalized spacial score (nSPS) is 9.93. The van der Waals surface area contributed by atoms with Crippen LogP contribution in [0.5, 0.6) is 0 Å². The van der Waals surface area contributed by atoms with Crippen LogP contribution in [-0.2, 0) is 6.54 Å². The van der Waals surface area contributed by atoms with Gasteiger partial charge in [-0.1, -0.05) is 23.2 Å². The van der Waals surface area contributed by atoms with E-state index in [0.717, 1.165) is 0 Å². The van der Waals surface area contributed by atoms with Crippen LogP contribution in [0.15, 0.2) is 27.4 Å². The molecule has 1 N–H and O–H groups in total. The SMILES string of the molecule is O=C(O)c1cc(Br)n(CC=C(Cl)Cl)c1. The van der Waals surface area contributed by atoms with Gasteiger partial charge in [0.1, 0.15) is 4.49 Å². The Morgan fingerprint density at radius 1 is 1.64 bits per heavy atom. The van der Waals surface area contributed by atoms with Gasteiger partial charge in [-0.3, -0.25) is 0 Å². The minimum Gasteiger partial charge on any atom is -0.478 e. The summed E-state index contributed by atoms with van der Waals surface area (Å²) in [6, 6.07) is 1.51. The third kappa shape index (κ3) is 3.04. The van der Waals surface area contributed by atoms with Crippen LogP contribution in [0.4, 0.5) is 0 Å². The van der Waals surface area contributed by atoms with Crippen LogP contribution in [0.3, 0.4) is 0 Å². The van der Waals surface area contributed by atoms with Crippen molar-refractivity contribution in [3.05, 3.63) is 33.0 Å². The Labute approximate surface area is 99.1 Å². The molecule has 76 valence electrons. The smallest absolute Gasteiger partial charge is 0.337 e. The van der Waals surface area contributed by atoms with Crippen LogP contribution < -0.4 is 0 Å². The van der Waals surface area contributed by atoms with Crippen molar-refractivity contribution in [1.29, 1.82) is 0 Å². The lowest BCUT2D eigenvalue weighted by Crippen LogP contribution is -1.95. The number of allylic oxidation sites excluding steroid dienone is 1. The Bertz CT molecular complexity index is 383. The molecular formula is C8H6BrCl2NO2. The molecule has 3 nitrogen and oxygen atoms in total. The molecule has 0 bridgehead atoms. The Balaban J connectivity index is 2.88. The summed E-state index contributed by atoms with van der Waals surface area (Å²) >= 11 is 14.1. The van der Waals surface area contributed by atoms with Crippen molar-refractivity contribution in [3.8, 4) is 0 Å². The van der Waals surface area contributed by atoms with E-state index in [0.29, 0.717) is 11.1 Å². The van der Waals surface area contributed by atoms with Gasteiger partial charge in [0.25, 0.3) is 0 Å². The number of aromatic carboxylic acids is 1. The van der Waals surface area contributed by atoms with Gasteiger partial charge in [0.15, 0.2) is 0 Å².